The van der Waals surface area contributed by atoms with Crippen LogP contribution < -0.4 is 15.5 Å². The summed E-state index contributed by atoms with van der Waals surface area (Å²) in [4.78, 5) is 33.9. The summed E-state index contributed by atoms with van der Waals surface area (Å²) in [7, 11) is 0. The minimum atomic E-state index is -0.777. The van der Waals surface area contributed by atoms with E-state index in [0.29, 0.717) is 13.1 Å². The van der Waals surface area contributed by atoms with Crippen LogP contribution >= 0.6 is 0 Å². The quantitative estimate of drug-likeness (QED) is 0.662. The van der Waals surface area contributed by atoms with Gasteiger partial charge >= 0.3 is 0 Å². The fourth-order valence-electron chi connectivity index (χ4n) is 4.93. The summed E-state index contributed by atoms with van der Waals surface area (Å²) >= 11 is 0. The van der Waals surface area contributed by atoms with Gasteiger partial charge in [0.25, 0.3) is 0 Å². The average Bonchev–Trinajstić information content (AvgIpc) is 2.81. The van der Waals surface area contributed by atoms with Crippen molar-refractivity contribution < 1.29 is 9.59 Å². The molecule has 34 heavy (non-hydrogen) atoms. The van der Waals surface area contributed by atoms with E-state index in [0.717, 1.165) is 36.9 Å². The molecule has 1 aliphatic carbocycles. The van der Waals surface area contributed by atoms with Gasteiger partial charge in [0.1, 0.15) is 6.04 Å². The molecule has 2 fully saturated rings. The lowest BCUT2D eigenvalue weighted by Crippen LogP contribution is -2.62. The molecule has 1 atom stereocenters. The standard InChI is InChI=1S/C28H38N4O2/c1-27(2,3)21-12-14-23(15-13-21)32(26(34)28(4)18-30-19-28)24(20-9-8-16-29-17-20)25(33)31-22-10-6-5-7-11-22/h8-9,12-17,22,24,30H,5-7,10-11,18-19H2,1-4H3,(H,31,33). The molecular weight excluding hydrogens is 424 g/mol. The summed E-state index contributed by atoms with van der Waals surface area (Å²) in [6.07, 6.45) is 8.85. The number of benzene rings is 1. The Kier molecular flexibility index (Phi) is 7.08. The molecule has 1 aliphatic heterocycles. The Hall–Kier alpha value is -2.73. The first kappa shape index (κ1) is 24.4. The predicted molar refractivity (Wildman–Crippen MR) is 136 cm³/mol. The van der Waals surface area contributed by atoms with Crippen LogP contribution in [-0.2, 0) is 15.0 Å². The van der Waals surface area contributed by atoms with Crippen LogP contribution in [0.15, 0.2) is 48.8 Å². The van der Waals surface area contributed by atoms with Crippen LogP contribution in [-0.4, -0.2) is 35.9 Å². The van der Waals surface area contributed by atoms with E-state index in [1.54, 1.807) is 17.3 Å². The normalized spacial score (nSPS) is 19.1. The molecule has 6 heteroatoms. The maximum Gasteiger partial charge on any atom is 0.248 e. The van der Waals surface area contributed by atoms with Gasteiger partial charge in [-0.1, -0.05) is 58.2 Å². The lowest BCUT2D eigenvalue weighted by molar-refractivity contribution is -0.133. The summed E-state index contributed by atoms with van der Waals surface area (Å²) in [5, 5.41) is 6.50. The molecule has 2 heterocycles. The summed E-state index contributed by atoms with van der Waals surface area (Å²) in [6.45, 7) is 9.69. The highest BCUT2D eigenvalue weighted by molar-refractivity contribution is 6.04. The van der Waals surface area contributed by atoms with Gasteiger partial charge in [0.05, 0.1) is 5.41 Å². The van der Waals surface area contributed by atoms with Crippen LogP contribution in [0.25, 0.3) is 0 Å². The minimum absolute atomic E-state index is 0.00164. The second kappa shape index (κ2) is 9.87. The van der Waals surface area contributed by atoms with E-state index in [9.17, 15) is 9.59 Å². The van der Waals surface area contributed by atoms with Crippen molar-refractivity contribution in [1.82, 2.24) is 15.6 Å². The Morgan fingerprint density at radius 1 is 1.09 bits per heavy atom. The Labute approximate surface area is 203 Å². The van der Waals surface area contributed by atoms with Crippen LogP contribution in [0, 0.1) is 5.41 Å². The van der Waals surface area contributed by atoms with E-state index in [4.69, 9.17) is 0 Å². The van der Waals surface area contributed by atoms with Gasteiger partial charge in [-0.25, -0.2) is 0 Å². The van der Waals surface area contributed by atoms with Crippen LogP contribution in [0.3, 0.4) is 0 Å². The lowest BCUT2D eigenvalue weighted by Gasteiger charge is -2.44. The van der Waals surface area contributed by atoms with Gasteiger partial charge in [0, 0.05) is 42.8 Å². The zero-order chi connectivity index (χ0) is 24.3. The largest absolute Gasteiger partial charge is 0.351 e. The van der Waals surface area contributed by atoms with Crippen molar-refractivity contribution in [3.8, 4) is 0 Å². The number of anilines is 1. The van der Waals surface area contributed by atoms with Crippen LogP contribution in [0.2, 0.25) is 0 Å². The zero-order valence-corrected chi connectivity index (χ0v) is 20.9. The number of nitrogens with zero attached hydrogens (tertiary/aromatic N) is 2. The fourth-order valence-corrected chi connectivity index (χ4v) is 4.93. The molecule has 0 radical (unpaired) electrons. The third-order valence-corrected chi connectivity index (χ3v) is 7.24. The van der Waals surface area contributed by atoms with Gasteiger partial charge in [-0.3, -0.25) is 19.5 Å². The monoisotopic (exact) mass is 462 g/mol. The maximum atomic E-state index is 14.0. The van der Waals surface area contributed by atoms with Crippen molar-refractivity contribution >= 4 is 17.5 Å². The number of carbonyl (C=O) groups is 2. The average molecular weight is 463 g/mol. The summed E-state index contributed by atoms with van der Waals surface area (Å²) in [5.74, 6) is -0.175. The molecule has 4 rings (SSSR count). The highest BCUT2D eigenvalue weighted by atomic mass is 16.2. The SMILES string of the molecule is CC1(C(=O)N(c2ccc(C(C)(C)C)cc2)C(C(=O)NC2CCCCC2)c2cccnc2)CNC1. The Bertz CT molecular complexity index is 987. The van der Waals surface area contributed by atoms with E-state index in [1.165, 1.54) is 12.0 Å². The zero-order valence-electron chi connectivity index (χ0n) is 20.9. The molecule has 0 bridgehead atoms. The summed E-state index contributed by atoms with van der Waals surface area (Å²) < 4.78 is 0. The molecule has 182 valence electrons. The second-order valence-corrected chi connectivity index (χ2v) is 11.2. The molecule has 0 spiro atoms. The molecule has 2 aliphatic rings. The van der Waals surface area contributed by atoms with Crippen LogP contribution in [0.4, 0.5) is 5.69 Å². The number of amides is 2. The van der Waals surface area contributed by atoms with E-state index < -0.39 is 11.5 Å². The molecular formula is C28H38N4O2. The highest BCUT2D eigenvalue weighted by Crippen LogP contribution is 2.36. The first-order valence-electron chi connectivity index (χ1n) is 12.5. The van der Waals surface area contributed by atoms with Crippen molar-refractivity contribution in [1.29, 1.82) is 0 Å². The van der Waals surface area contributed by atoms with Gasteiger partial charge in [-0.15, -0.1) is 0 Å². The smallest absolute Gasteiger partial charge is 0.248 e. The van der Waals surface area contributed by atoms with E-state index in [1.807, 2.05) is 31.2 Å². The number of hydrogen-bond donors (Lipinski definition) is 2. The van der Waals surface area contributed by atoms with Gasteiger partial charge in [-0.2, -0.15) is 0 Å². The predicted octanol–water partition coefficient (Wildman–Crippen LogP) is 4.51. The van der Waals surface area contributed by atoms with Gasteiger partial charge in [0.15, 0.2) is 0 Å². The molecule has 1 saturated carbocycles. The van der Waals surface area contributed by atoms with Crippen molar-refractivity contribution in [3.63, 3.8) is 0 Å². The molecule has 2 amide bonds. The number of carbonyl (C=O) groups excluding carboxylic acids is 2. The molecule has 1 saturated heterocycles. The maximum absolute atomic E-state index is 14.0. The minimum Gasteiger partial charge on any atom is -0.351 e. The third kappa shape index (κ3) is 5.17. The Morgan fingerprint density at radius 2 is 1.76 bits per heavy atom. The number of nitrogens with one attached hydrogen (secondary N) is 2. The molecule has 1 aromatic heterocycles. The number of aromatic nitrogens is 1. The van der Waals surface area contributed by atoms with Gasteiger partial charge < -0.3 is 10.6 Å². The van der Waals surface area contributed by atoms with Gasteiger partial charge in [0.2, 0.25) is 11.8 Å². The van der Waals surface area contributed by atoms with E-state index in [2.05, 4.69) is 48.5 Å². The topological polar surface area (TPSA) is 74.3 Å². The van der Waals surface area contributed by atoms with Crippen molar-refractivity contribution in [2.45, 2.75) is 77.3 Å². The number of hydrogen-bond acceptors (Lipinski definition) is 4. The summed E-state index contributed by atoms with van der Waals surface area (Å²) in [6, 6.07) is 11.2. The second-order valence-electron chi connectivity index (χ2n) is 11.2. The molecule has 2 aromatic rings. The molecule has 1 aromatic carbocycles. The van der Waals surface area contributed by atoms with Gasteiger partial charge in [-0.05, 0) is 48.9 Å². The highest BCUT2D eigenvalue weighted by Gasteiger charge is 2.46. The van der Waals surface area contributed by atoms with E-state index in [-0.39, 0.29) is 23.3 Å². The van der Waals surface area contributed by atoms with E-state index >= 15 is 0 Å². The van der Waals surface area contributed by atoms with Crippen molar-refractivity contribution in [3.05, 3.63) is 59.9 Å². The Morgan fingerprint density at radius 3 is 2.29 bits per heavy atom. The molecule has 2 N–H and O–H groups in total. The fraction of sp³-hybridized carbons (Fsp3) is 0.536. The number of rotatable bonds is 6. The van der Waals surface area contributed by atoms with Crippen LogP contribution in [0.5, 0.6) is 0 Å². The Balaban J connectivity index is 1.75. The third-order valence-electron chi connectivity index (χ3n) is 7.24. The van der Waals surface area contributed by atoms with Crippen molar-refractivity contribution in [2.24, 2.45) is 5.41 Å². The molecule has 6 nitrogen and oxygen atoms in total. The molecule has 1 unspecified atom stereocenters. The first-order valence-corrected chi connectivity index (χ1v) is 12.5. The lowest BCUT2D eigenvalue weighted by atomic mass is 9.81. The number of pyridine rings is 1. The van der Waals surface area contributed by atoms with Crippen molar-refractivity contribution in [2.75, 3.05) is 18.0 Å². The van der Waals surface area contributed by atoms with Crippen LogP contribution in [0.1, 0.15) is 77.0 Å². The first-order chi connectivity index (χ1) is 16.2. The summed E-state index contributed by atoms with van der Waals surface area (Å²) in [5.41, 5.74) is 2.09.